The van der Waals surface area contributed by atoms with Crippen molar-refractivity contribution in [2.45, 2.75) is 13.8 Å². The average molecular weight is 321 g/mol. The summed E-state index contributed by atoms with van der Waals surface area (Å²) in [6, 6.07) is 9.15. The lowest BCUT2D eigenvalue weighted by atomic mass is 10.2. The van der Waals surface area contributed by atoms with E-state index in [-0.39, 0.29) is 5.75 Å². The number of pyridine rings is 1. The number of nitrogens with one attached hydrogen (secondary N) is 2. The fraction of sp³-hybridized carbons (Fsp3) is 0.267. The molecule has 0 aliphatic carbocycles. The fourth-order valence-corrected chi connectivity index (χ4v) is 2.46. The molecule has 1 heterocycles. The van der Waals surface area contributed by atoms with Gasteiger partial charge in [0.15, 0.2) is 0 Å². The third-order valence-corrected chi connectivity index (χ3v) is 4.34. The standard InChI is InChI=1S/C15H19N3O3S/c1-4-22(19,20)18-12-6-8-15(16-10-12)17-13-9-11(2)5-7-14(13)21-3/h5-10,18H,4H2,1-3H3,(H,16,17). The number of hydrogen-bond acceptors (Lipinski definition) is 5. The number of aryl methyl sites for hydroxylation is 1. The molecule has 2 aromatic rings. The minimum absolute atomic E-state index is 0.0213. The second kappa shape index (κ2) is 6.65. The van der Waals surface area contributed by atoms with Gasteiger partial charge in [0.25, 0.3) is 0 Å². The number of methoxy groups -OCH3 is 1. The van der Waals surface area contributed by atoms with E-state index in [2.05, 4.69) is 15.0 Å². The highest BCUT2D eigenvalue weighted by atomic mass is 32.2. The van der Waals surface area contributed by atoms with Crippen LogP contribution < -0.4 is 14.8 Å². The van der Waals surface area contributed by atoms with Crippen LogP contribution in [0.5, 0.6) is 5.75 Å². The van der Waals surface area contributed by atoms with Crippen molar-refractivity contribution in [3.63, 3.8) is 0 Å². The van der Waals surface area contributed by atoms with E-state index in [0.29, 0.717) is 17.3 Å². The minimum atomic E-state index is -3.29. The van der Waals surface area contributed by atoms with E-state index < -0.39 is 10.0 Å². The van der Waals surface area contributed by atoms with Crippen molar-refractivity contribution in [1.29, 1.82) is 0 Å². The maximum atomic E-state index is 11.5. The van der Waals surface area contributed by atoms with Crippen molar-refractivity contribution in [1.82, 2.24) is 4.98 Å². The SMILES string of the molecule is CCS(=O)(=O)Nc1ccc(Nc2cc(C)ccc2OC)nc1. The lowest BCUT2D eigenvalue weighted by Crippen LogP contribution is -2.14. The Hall–Kier alpha value is -2.28. The Labute approximate surface area is 130 Å². The molecule has 0 saturated carbocycles. The van der Waals surface area contributed by atoms with E-state index in [1.807, 2.05) is 25.1 Å². The van der Waals surface area contributed by atoms with Crippen molar-refractivity contribution in [2.75, 3.05) is 22.9 Å². The van der Waals surface area contributed by atoms with Gasteiger partial charge in [0.2, 0.25) is 10.0 Å². The van der Waals surface area contributed by atoms with Gasteiger partial charge in [-0.2, -0.15) is 0 Å². The molecule has 0 saturated heterocycles. The summed E-state index contributed by atoms with van der Waals surface area (Å²) in [5, 5.41) is 3.15. The minimum Gasteiger partial charge on any atom is -0.495 e. The molecule has 0 aliphatic heterocycles. The molecule has 0 aliphatic rings. The van der Waals surface area contributed by atoms with Crippen LogP contribution in [-0.2, 0) is 10.0 Å². The topological polar surface area (TPSA) is 80.3 Å². The Morgan fingerprint density at radius 2 is 2.00 bits per heavy atom. The van der Waals surface area contributed by atoms with Gasteiger partial charge in [-0.05, 0) is 43.7 Å². The Balaban J connectivity index is 2.17. The monoisotopic (exact) mass is 321 g/mol. The Bertz CT molecular complexity index is 743. The first-order valence-electron chi connectivity index (χ1n) is 6.81. The van der Waals surface area contributed by atoms with E-state index in [9.17, 15) is 8.42 Å². The lowest BCUT2D eigenvalue weighted by molar-refractivity contribution is 0.416. The van der Waals surface area contributed by atoms with Crippen molar-refractivity contribution < 1.29 is 13.2 Å². The van der Waals surface area contributed by atoms with E-state index in [1.165, 1.54) is 6.20 Å². The molecule has 118 valence electrons. The van der Waals surface area contributed by atoms with E-state index in [1.54, 1.807) is 26.2 Å². The highest BCUT2D eigenvalue weighted by Gasteiger charge is 2.08. The van der Waals surface area contributed by atoms with E-state index >= 15 is 0 Å². The number of aromatic nitrogens is 1. The zero-order valence-corrected chi connectivity index (χ0v) is 13.6. The van der Waals surface area contributed by atoms with Crippen molar-refractivity contribution in [2.24, 2.45) is 0 Å². The number of rotatable bonds is 6. The zero-order chi connectivity index (χ0) is 16.2. The maximum Gasteiger partial charge on any atom is 0.232 e. The van der Waals surface area contributed by atoms with Crippen LogP contribution in [0.3, 0.4) is 0 Å². The van der Waals surface area contributed by atoms with Crippen LogP contribution in [0.25, 0.3) is 0 Å². The van der Waals surface area contributed by atoms with Crippen LogP contribution in [0.2, 0.25) is 0 Å². The van der Waals surface area contributed by atoms with Crippen LogP contribution >= 0.6 is 0 Å². The third kappa shape index (κ3) is 4.11. The second-order valence-corrected chi connectivity index (χ2v) is 6.78. The predicted octanol–water partition coefficient (Wildman–Crippen LogP) is 2.90. The number of nitrogens with zero attached hydrogens (tertiary/aromatic N) is 1. The fourth-order valence-electron chi connectivity index (χ4n) is 1.84. The smallest absolute Gasteiger partial charge is 0.232 e. The summed E-state index contributed by atoms with van der Waals surface area (Å²) >= 11 is 0. The summed E-state index contributed by atoms with van der Waals surface area (Å²) in [5.41, 5.74) is 2.33. The first-order valence-corrected chi connectivity index (χ1v) is 8.47. The van der Waals surface area contributed by atoms with Gasteiger partial charge in [0, 0.05) is 0 Å². The van der Waals surface area contributed by atoms with Crippen LogP contribution in [-0.4, -0.2) is 26.3 Å². The molecule has 0 bridgehead atoms. The van der Waals surface area contributed by atoms with Crippen LogP contribution in [0.15, 0.2) is 36.5 Å². The number of sulfonamides is 1. The molecule has 0 unspecified atom stereocenters. The number of ether oxygens (including phenoxy) is 1. The Morgan fingerprint density at radius 1 is 1.23 bits per heavy atom. The average Bonchev–Trinajstić information content (AvgIpc) is 2.49. The first kappa shape index (κ1) is 16.1. The summed E-state index contributed by atoms with van der Waals surface area (Å²) in [4.78, 5) is 4.20. The third-order valence-electron chi connectivity index (χ3n) is 3.03. The summed E-state index contributed by atoms with van der Waals surface area (Å²) in [5.74, 6) is 1.33. The molecule has 2 rings (SSSR count). The van der Waals surface area contributed by atoms with Crippen molar-refractivity contribution in [3.8, 4) is 5.75 Å². The molecule has 0 atom stereocenters. The Morgan fingerprint density at radius 3 is 2.59 bits per heavy atom. The van der Waals surface area contributed by atoms with E-state index in [0.717, 1.165) is 11.3 Å². The van der Waals surface area contributed by atoms with Gasteiger partial charge in [-0.1, -0.05) is 6.07 Å². The molecule has 0 amide bonds. The van der Waals surface area contributed by atoms with E-state index in [4.69, 9.17) is 4.74 Å². The zero-order valence-electron chi connectivity index (χ0n) is 12.8. The van der Waals surface area contributed by atoms with Gasteiger partial charge in [-0.15, -0.1) is 0 Å². The molecule has 1 aromatic heterocycles. The lowest BCUT2D eigenvalue weighted by Gasteiger charge is -2.12. The normalized spacial score (nSPS) is 11.0. The predicted molar refractivity (Wildman–Crippen MR) is 88.3 cm³/mol. The van der Waals surface area contributed by atoms with Crippen LogP contribution in [0, 0.1) is 6.92 Å². The quantitative estimate of drug-likeness (QED) is 0.855. The summed E-state index contributed by atoms with van der Waals surface area (Å²) in [6.07, 6.45) is 1.47. The first-order chi connectivity index (χ1) is 10.4. The highest BCUT2D eigenvalue weighted by Crippen LogP contribution is 2.28. The number of anilines is 3. The number of benzene rings is 1. The molecule has 2 N–H and O–H groups in total. The summed E-state index contributed by atoms with van der Waals surface area (Å²) < 4.78 is 30.7. The molecule has 0 spiro atoms. The molecular formula is C15H19N3O3S. The summed E-state index contributed by atoms with van der Waals surface area (Å²) in [7, 11) is -1.69. The molecule has 0 radical (unpaired) electrons. The van der Waals surface area contributed by atoms with Gasteiger partial charge in [-0.3, -0.25) is 4.72 Å². The molecule has 22 heavy (non-hydrogen) atoms. The second-order valence-electron chi connectivity index (χ2n) is 4.77. The number of hydrogen-bond donors (Lipinski definition) is 2. The largest absolute Gasteiger partial charge is 0.495 e. The van der Waals surface area contributed by atoms with Gasteiger partial charge in [-0.25, -0.2) is 13.4 Å². The van der Waals surface area contributed by atoms with Crippen LogP contribution in [0.4, 0.5) is 17.2 Å². The van der Waals surface area contributed by atoms with Crippen molar-refractivity contribution in [3.05, 3.63) is 42.1 Å². The molecule has 7 heteroatoms. The van der Waals surface area contributed by atoms with Gasteiger partial charge >= 0.3 is 0 Å². The van der Waals surface area contributed by atoms with Crippen LogP contribution in [0.1, 0.15) is 12.5 Å². The molecule has 1 aromatic carbocycles. The van der Waals surface area contributed by atoms with Gasteiger partial charge < -0.3 is 10.1 Å². The Kier molecular flexibility index (Phi) is 4.87. The molecule has 6 nitrogen and oxygen atoms in total. The molecular weight excluding hydrogens is 302 g/mol. The molecule has 0 fully saturated rings. The summed E-state index contributed by atoms with van der Waals surface area (Å²) in [6.45, 7) is 3.57. The van der Waals surface area contributed by atoms with Crippen molar-refractivity contribution >= 4 is 27.2 Å². The maximum absolute atomic E-state index is 11.5. The highest BCUT2D eigenvalue weighted by molar-refractivity contribution is 7.92. The van der Waals surface area contributed by atoms with Gasteiger partial charge in [0.05, 0.1) is 30.4 Å². The van der Waals surface area contributed by atoms with Gasteiger partial charge in [0.1, 0.15) is 11.6 Å².